The van der Waals surface area contributed by atoms with E-state index in [0.717, 1.165) is 51.4 Å². The van der Waals surface area contributed by atoms with Crippen molar-refractivity contribution >= 4 is 0 Å². The second-order valence-electron chi connectivity index (χ2n) is 11.3. The zero-order valence-corrected chi connectivity index (χ0v) is 21.3. The molecule has 2 fully saturated rings. The van der Waals surface area contributed by atoms with Gasteiger partial charge in [0.15, 0.2) is 11.7 Å². The Hall–Kier alpha value is -1.88. The maximum atomic E-state index is 15.0. The van der Waals surface area contributed by atoms with Crippen molar-refractivity contribution in [2.45, 2.75) is 83.7 Å². The summed E-state index contributed by atoms with van der Waals surface area (Å²) in [5.41, 5.74) is 2.33. The summed E-state index contributed by atoms with van der Waals surface area (Å²) in [6.07, 6.45) is 18.7. The van der Waals surface area contributed by atoms with Crippen molar-refractivity contribution in [2.75, 3.05) is 6.61 Å². The van der Waals surface area contributed by atoms with E-state index in [1.807, 2.05) is 12.2 Å². The molecule has 0 aromatic carbocycles. The molecule has 1 heterocycles. The Morgan fingerprint density at radius 2 is 1.56 bits per heavy atom. The van der Waals surface area contributed by atoms with E-state index >= 15 is 4.39 Å². The maximum Gasteiger partial charge on any atom is 0.158 e. The topological polar surface area (TPSA) is 12.5 Å². The first kappa shape index (κ1) is 25.8. The first-order valence-corrected chi connectivity index (χ1v) is 13.9. The van der Waals surface area contributed by atoms with Crippen molar-refractivity contribution in [3.63, 3.8) is 0 Å². The van der Waals surface area contributed by atoms with Gasteiger partial charge in [-0.05, 0) is 93.1 Å². The first-order valence-electron chi connectivity index (χ1n) is 13.9. The molecule has 0 radical (unpaired) electrons. The van der Waals surface area contributed by atoms with Crippen LogP contribution in [0.15, 0.2) is 70.4 Å². The molecule has 5 heteroatoms. The molecule has 1 aliphatic heterocycles. The van der Waals surface area contributed by atoms with E-state index in [2.05, 4.69) is 25.2 Å². The molecule has 0 amide bonds. The molecule has 1 saturated heterocycles. The number of epoxide rings is 1. The third-order valence-electron chi connectivity index (χ3n) is 9.00. The summed E-state index contributed by atoms with van der Waals surface area (Å²) in [7, 11) is 0. The highest BCUT2D eigenvalue weighted by atomic mass is 19.2. The van der Waals surface area contributed by atoms with Gasteiger partial charge in [0.05, 0.1) is 12.7 Å². The largest absolute Gasteiger partial charge is 0.372 e. The molecule has 196 valence electrons. The van der Waals surface area contributed by atoms with Crippen LogP contribution in [0.5, 0.6) is 0 Å². The highest BCUT2D eigenvalue weighted by molar-refractivity contribution is 5.37. The number of hydrogen-bond acceptors (Lipinski definition) is 1. The summed E-state index contributed by atoms with van der Waals surface area (Å²) in [6.45, 7) is 2.66. The van der Waals surface area contributed by atoms with E-state index in [4.69, 9.17) is 4.74 Å². The van der Waals surface area contributed by atoms with Crippen molar-refractivity contribution in [1.82, 2.24) is 0 Å². The monoisotopic (exact) mass is 502 g/mol. The molecule has 0 spiro atoms. The summed E-state index contributed by atoms with van der Waals surface area (Å²) < 4.78 is 64.4. The van der Waals surface area contributed by atoms with Crippen LogP contribution in [0.4, 0.5) is 17.6 Å². The Kier molecular flexibility index (Phi) is 8.05. The smallest absolute Gasteiger partial charge is 0.158 e. The third kappa shape index (κ3) is 5.51. The summed E-state index contributed by atoms with van der Waals surface area (Å²) in [5.74, 6) is -2.92. The molecule has 0 N–H and O–H groups in total. The lowest BCUT2D eigenvalue weighted by atomic mass is 9.74. The molecule has 0 aromatic rings. The second kappa shape index (κ2) is 11.2. The fourth-order valence-electron chi connectivity index (χ4n) is 6.62. The van der Waals surface area contributed by atoms with Gasteiger partial charge in [-0.2, -0.15) is 0 Å². The standard InChI is InChI=1S/C31H38F4O/c1-2-3-19-4-9-21(10-5-19)24-15-14-23(28(32)29(24)33)13-8-20-6-11-22(12-7-20)25-16-17-26(27-18-36-27)31(35)30(25)34/h4-5,9,14,16,20-22,24,26-27H,2-3,6-8,10-13,15,17-18H2,1H3. The zero-order chi connectivity index (χ0) is 25.2. The van der Waals surface area contributed by atoms with Crippen LogP contribution in [0.1, 0.15) is 77.6 Å². The minimum absolute atomic E-state index is 0.0184. The van der Waals surface area contributed by atoms with Gasteiger partial charge < -0.3 is 4.74 Å². The van der Waals surface area contributed by atoms with E-state index < -0.39 is 35.1 Å². The van der Waals surface area contributed by atoms with Gasteiger partial charge in [0.1, 0.15) is 11.7 Å². The summed E-state index contributed by atoms with van der Waals surface area (Å²) in [4.78, 5) is 0. The van der Waals surface area contributed by atoms with Crippen molar-refractivity contribution in [1.29, 1.82) is 0 Å². The molecule has 1 nitrogen and oxygen atoms in total. The van der Waals surface area contributed by atoms with E-state index in [-0.39, 0.29) is 17.9 Å². The maximum absolute atomic E-state index is 15.0. The van der Waals surface area contributed by atoms with E-state index in [0.29, 0.717) is 42.9 Å². The van der Waals surface area contributed by atoms with Gasteiger partial charge in [-0.15, -0.1) is 0 Å². The van der Waals surface area contributed by atoms with Crippen LogP contribution in [-0.4, -0.2) is 12.7 Å². The van der Waals surface area contributed by atoms with E-state index in [9.17, 15) is 13.2 Å². The van der Waals surface area contributed by atoms with Crippen LogP contribution in [0.25, 0.3) is 0 Å². The minimum atomic E-state index is -0.667. The van der Waals surface area contributed by atoms with Crippen LogP contribution in [0.3, 0.4) is 0 Å². The molecule has 5 aliphatic rings. The van der Waals surface area contributed by atoms with E-state index in [1.165, 1.54) is 5.57 Å². The van der Waals surface area contributed by atoms with Gasteiger partial charge >= 0.3 is 0 Å². The lowest BCUT2D eigenvalue weighted by Crippen LogP contribution is -2.21. The molecule has 4 atom stereocenters. The van der Waals surface area contributed by atoms with Gasteiger partial charge in [-0.1, -0.05) is 49.3 Å². The van der Waals surface area contributed by atoms with Crippen molar-refractivity contribution in [3.8, 4) is 0 Å². The lowest BCUT2D eigenvalue weighted by Gasteiger charge is -2.32. The molecular weight excluding hydrogens is 464 g/mol. The van der Waals surface area contributed by atoms with Crippen LogP contribution in [-0.2, 0) is 4.74 Å². The average molecular weight is 503 g/mol. The quantitative estimate of drug-likeness (QED) is 0.238. The molecule has 4 unspecified atom stereocenters. The normalized spacial score (nSPS) is 35.0. The van der Waals surface area contributed by atoms with Gasteiger partial charge in [0.2, 0.25) is 0 Å². The number of allylic oxidation sites excluding steroid dienone is 11. The Morgan fingerprint density at radius 1 is 0.833 bits per heavy atom. The number of rotatable bonds is 8. The Balaban J connectivity index is 1.10. The third-order valence-corrected chi connectivity index (χ3v) is 9.00. The highest BCUT2D eigenvalue weighted by Crippen LogP contribution is 2.46. The van der Waals surface area contributed by atoms with Crippen molar-refractivity contribution in [2.24, 2.45) is 29.6 Å². The van der Waals surface area contributed by atoms with E-state index in [1.54, 1.807) is 0 Å². The van der Waals surface area contributed by atoms with Gasteiger partial charge in [-0.3, -0.25) is 0 Å². The summed E-state index contributed by atoms with van der Waals surface area (Å²) >= 11 is 0. The Morgan fingerprint density at radius 3 is 2.22 bits per heavy atom. The van der Waals surface area contributed by atoms with Crippen molar-refractivity contribution < 1.29 is 22.3 Å². The number of hydrogen-bond donors (Lipinski definition) is 0. The molecule has 0 bridgehead atoms. The zero-order valence-electron chi connectivity index (χ0n) is 21.3. The average Bonchev–Trinajstić information content (AvgIpc) is 3.73. The van der Waals surface area contributed by atoms with Gasteiger partial charge in [-0.25, -0.2) is 17.6 Å². The lowest BCUT2D eigenvalue weighted by molar-refractivity contribution is 0.272. The van der Waals surface area contributed by atoms with Crippen LogP contribution < -0.4 is 0 Å². The predicted molar refractivity (Wildman–Crippen MR) is 136 cm³/mol. The SMILES string of the molecule is CCCC1=CCC(C2CC=C(CCC3CCC(C4=CCC(C5CO5)C(F)=C4F)CC3)C(F)=C2F)C=C1. The van der Waals surface area contributed by atoms with Crippen molar-refractivity contribution in [3.05, 3.63) is 70.4 Å². The van der Waals surface area contributed by atoms with Crippen LogP contribution >= 0.6 is 0 Å². The first-order chi connectivity index (χ1) is 17.5. The molecule has 4 aliphatic carbocycles. The molecule has 1 saturated carbocycles. The Bertz CT molecular complexity index is 1020. The van der Waals surface area contributed by atoms with Gasteiger partial charge in [0, 0.05) is 11.8 Å². The summed E-state index contributed by atoms with van der Waals surface area (Å²) in [6, 6.07) is 0. The molecule has 0 aromatic heterocycles. The Labute approximate surface area is 212 Å². The van der Waals surface area contributed by atoms with Crippen LogP contribution in [0.2, 0.25) is 0 Å². The molecule has 5 rings (SSSR count). The predicted octanol–water partition coefficient (Wildman–Crippen LogP) is 9.47. The summed E-state index contributed by atoms with van der Waals surface area (Å²) in [5, 5.41) is 0. The fraction of sp³-hybridized carbons (Fsp3) is 0.613. The minimum Gasteiger partial charge on any atom is -0.372 e. The second-order valence-corrected chi connectivity index (χ2v) is 11.3. The van der Waals surface area contributed by atoms with Crippen LogP contribution in [0, 0.1) is 29.6 Å². The fourth-order valence-corrected chi connectivity index (χ4v) is 6.62. The van der Waals surface area contributed by atoms with Gasteiger partial charge in [0.25, 0.3) is 0 Å². The number of ether oxygens (including phenoxy) is 1. The molecular formula is C31H38F4O. The molecule has 36 heavy (non-hydrogen) atoms. The number of halogens is 4. The highest BCUT2D eigenvalue weighted by Gasteiger charge is 2.40.